The number of dihydropyridines is 1. The summed E-state index contributed by atoms with van der Waals surface area (Å²) in [7, 11) is 0. The van der Waals surface area contributed by atoms with Crippen molar-refractivity contribution in [3.05, 3.63) is 113 Å². The van der Waals surface area contributed by atoms with E-state index in [9.17, 15) is 15.0 Å². The van der Waals surface area contributed by atoms with E-state index in [0.717, 1.165) is 88.8 Å². The summed E-state index contributed by atoms with van der Waals surface area (Å²) in [5.41, 5.74) is 12.4. The van der Waals surface area contributed by atoms with Crippen LogP contribution in [0.25, 0.3) is 16.6 Å². The molecule has 3 aromatic carbocycles. The number of hydrogen-bond donors (Lipinski definition) is 4. The highest BCUT2D eigenvalue weighted by atomic mass is 16.5. The molecule has 1 aromatic heterocycles. The van der Waals surface area contributed by atoms with E-state index >= 15 is 0 Å². The molecule has 6 bridgehead atoms. The lowest BCUT2D eigenvalue weighted by Gasteiger charge is -2.32. The zero-order valence-corrected chi connectivity index (χ0v) is 31.0. The molecule has 5 N–H and O–H groups in total. The number of aliphatic hydroxyl groups excluding tert-OH is 1. The molecule has 0 spiro atoms. The maximum Gasteiger partial charge on any atom is 0.223 e. The zero-order chi connectivity index (χ0) is 37.2. The fraction of sp³-hybridized carbons (Fsp3) is 0.400. The number of nitrogens with two attached hydrogens (primary N) is 1. The summed E-state index contributed by atoms with van der Waals surface area (Å²) in [6.45, 7) is 4.27. The second kappa shape index (κ2) is 15.8. The Morgan fingerprint density at radius 2 is 1.87 bits per heavy atom. The number of nitrogens with one attached hydrogen (secondary N) is 1. The Morgan fingerprint density at radius 1 is 1.02 bits per heavy atom. The van der Waals surface area contributed by atoms with Gasteiger partial charge in [-0.3, -0.25) is 4.79 Å². The average Bonchev–Trinajstić information content (AvgIpc) is 3.57. The summed E-state index contributed by atoms with van der Waals surface area (Å²) >= 11 is 0. The molecule has 1 fully saturated rings. The minimum atomic E-state index is -0.555. The third kappa shape index (κ3) is 7.92. The summed E-state index contributed by atoms with van der Waals surface area (Å²) in [6, 6.07) is 20.0. The van der Waals surface area contributed by atoms with Gasteiger partial charge in [-0.1, -0.05) is 61.2 Å². The van der Waals surface area contributed by atoms with Gasteiger partial charge in [0.05, 0.1) is 25.0 Å². The average molecular weight is 727 g/mol. The molecule has 5 heterocycles. The number of likely N-dealkylation sites (tertiary alicyclic amines) is 1. The van der Waals surface area contributed by atoms with E-state index in [4.69, 9.17) is 15.2 Å². The summed E-state index contributed by atoms with van der Waals surface area (Å²) < 4.78 is 15.2. The molecule has 4 aliphatic rings. The number of aromatic hydroxyl groups is 1. The Hall–Kier alpha value is -5.01. The number of fused-ring (bicyclic) bond motifs is 6. The van der Waals surface area contributed by atoms with Crippen LogP contribution in [0, 0.1) is 17.8 Å². The molecule has 1 unspecified atom stereocenters. The van der Waals surface area contributed by atoms with Gasteiger partial charge in [-0.2, -0.15) is 0 Å². The highest BCUT2D eigenvalue weighted by Gasteiger charge is 2.28. The zero-order valence-electron chi connectivity index (χ0n) is 31.0. The molecular formula is C45H50N4O5. The Bertz CT molecular complexity index is 2140. The number of phenols is 1. The maximum atomic E-state index is 13.5. The highest BCUT2D eigenvalue weighted by molar-refractivity contribution is 5.89. The number of amides is 1. The van der Waals surface area contributed by atoms with E-state index in [-0.39, 0.29) is 36.2 Å². The van der Waals surface area contributed by atoms with E-state index in [1.807, 2.05) is 41.3 Å². The number of rotatable bonds is 4. The minimum Gasteiger partial charge on any atom is -0.504 e. The van der Waals surface area contributed by atoms with Crippen LogP contribution >= 0.6 is 0 Å². The topological polar surface area (TPSA) is 122 Å². The summed E-state index contributed by atoms with van der Waals surface area (Å²) in [4.78, 5) is 15.5. The lowest BCUT2D eigenvalue weighted by Crippen LogP contribution is -2.42. The summed E-state index contributed by atoms with van der Waals surface area (Å²) in [6.07, 6.45) is 10.9. The quantitative estimate of drug-likeness (QED) is 0.176. The van der Waals surface area contributed by atoms with Crippen LogP contribution in [0.2, 0.25) is 0 Å². The first-order valence-electron chi connectivity index (χ1n) is 19.5. The highest BCUT2D eigenvalue weighted by Crippen LogP contribution is 2.37. The van der Waals surface area contributed by atoms with Crippen molar-refractivity contribution in [2.75, 3.05) is 19.7 Å². The van der Waals surface area contributed by atoms with Crippen molar-refractivity contribution in [3.8, 4) is 23.3 Å². The summed E-state index contributed by atoms with van der Waals surface area (Å²) in [5.74, 6) is 8.36. The van der Waals surface area contributed by atoms with Crippen LogP contribution in [-0.2, 0) is 22.6 Å². The number of aryl methyl sites for hydroxylation is 1. The maximum absolute atomic E-state index is 13.5. The Labute approximate surface area is 317 Å². The molecule has 280 valence electrons. The van der Waals surface area contributed by atoms with E-state index in [2.05, 4.69) is 65.3 Å². The van der Waals surface area contributed by atoms with Crippen molar-refractivity contribution in [3.63, 3.8) is 0 Å². The molecule has 0 saturated carbocycles. The number of ether oxygens (including phenoxy) is 2. The molecule has 54 heavy (non-hydrogen) atoms. The van der Waals surface area contributed by atoms with Gasteiger partial charge in [-0.25, -0.2) is 0 Å². The minimum absolute atomic E-state index is 0.0600. The third-order valence-electron chi connectivity index (χ3n) is 11.4. The lowest BCUT2D eigenvalue weighted by molar-refractivity contribution is -0.134. The Kier molecular flexibility index (Phi) is 10.5. The molecule has 8 rings (SSSR count). The van der Waals surface area contributed by atoms with Crippen LogP contribution in [0.3, 0.4) is 0 Å². The molecule has 1 saturated heterocycles. The van der Waals surface area contributed by atoms with Crippen molar-refractivity contribution in [2.45, 2.75) is 89.2 Å². The van der Waals surface area contributed by atoms with Crippen molar-refractivity contribution < 1.29 is 24.5 Å². The van der Waals surface area contributed by atoms with Crippen LogP contribution in [0.1, 0.15) is 80.0 Å². The normalized spacial score (nSPS) is 23.8. The van der Waals surface area contributed by atoms with Crippen molar-refractivity contribution in [2.24, 2.45) is 11.7 Å². The van der Waals surface area contributed by atoms with Crippen LogP contribution in [0.15, 0.2) is 90.3 Å². The number of carbonyl (C=O) groups is 1. The van der Waals surface area contributed by atoms with Gasteiger partial charge >= 0.3 is 0 Å². The largest absolute Gasteiger partial charge is 0.504 e. The summed E-state index contributed by atoms with van der Waals surface area (Å²) in [5, 5.41) is 27.6. The SMILES string of the molecule is C[C@@H]1C#CC2=CC(N)NC3=C2CO[C@@H](CCC1)C[C@H](O)CCc1ccc(O)c(c1)OCc1cc([C@H](CC(=O)N2CCC2)c2ccccc2)cc2cn3cc12. The number of hydrogen-bond acceptors (Lipinski definition) is 7. The van der Waals surface area contributed by atoms with Gasteiger partial charge in [-0.15, -0.1) is 0 Å². The van der Waals surface area contributed by atoms with Crippen LogP contribution in [0.4, 0.5) is 0 Å². The molecule has 9 nitrogen and oxygen atoms in total. The molecule has 5 atom stereocenters. The predicted octanol–water partition coefficient (Wildman–Crippen LogP) is 6.57. The van der Waals surface area contributed by atoms with Crippen LogP contribution < -0.4 is 15.8 Å². The molecular weight excluding hydrogens is 677 g/mol. The van der Waals surface area contributed by atoms with E-state index in [0.29, 0.717) is 38.0 Å². The number of phenolic OH excluding ortho intramolecular Hbond substituents is 1. The van der Waals surface area contributed by atoms with Gasteiger partial charge in [0.15, 0.2) is 11.5 Å². The first-order valence-corrected chi connectivity index (χ1v) is 19.5. The molecule has 9 heteroatoms. The first kappa shape index (κ1) is 36.0. The second-order valence-electron chi connectivity index (χ2n) is 15.4. The van der Waals surface area contributed by atoms with Gasteiger partial charge in [0.1, 0.15) is 12.4 Å². The number of aliphatic hydroxyl groups is 1. The molecule has 1 amide bonds. The van der Waals surface area contributed by atoms with E-state index in [1.165, 1.54) is 0 Å². The molecule has 4 aromatic rings. The van der Waals surface area contributed by atoms with Crippen LogP contribution in [0.5, 0.6) is 11.5 Å². The van der Waals surface area contributed by atoms with Gasteiger partial charge in [-0.05, 0) is 91.5 Å². The molecule has 0 aliphatic carbocycles. The number of benzene rings is 3. The Morgan fingerprint density at radius 3 is 2.69 bits per heavy atom. The van der Waals surface area contributed by atoms with Crippen LogP contribution in [-0.4, -0.2) is 63.7 Å². The fourth-order valence-electron chi connectivity index (χ4n) is 8.11. The second-order valence-corrected chi connectivity index (χ2v) is 15.4. The Balaban J connectivity index is 1.29. The van der Waals surface area contributed by atoms with E-state index in [1.54, 1.807) is 6.07 Å². The van der Waals surface area contributed by atoms with Crippen molar-refractivity contribution in [1.29, 1.82) is 0 Å². The fourth-order valence-corrected chi connectivity index (χ4v) is 8.11. The van der Waals surface area contributed by atoms with Crippen molar-refractivity contribution in [1.82, 2.24) is 14.8 Å². The molecule has 0 radical (unpaired) electrons. The number of nitrogens with zero attached hydrogens (tertiary/aromatic N) is 2. The van der Waals surface area contributed by atoms with Gasteiger partial charge in [0.25, 0.3) is 0 Å². The van der Waals surface area contributed by atoms with E-state index < -0.39 is 12.3 Å². The smallest absolute Gasteiger partial charge is 0.223 e. The van der Waals surface area contributed by atoms with Gasteiger partial charge < -0.3 is 40.2 Å². The third-order valence-corrected chi connectivity index (χ3v) is 11.4. The van der Waals surface area contributed by atoms with Gasteiger partial charge in [0, 0.05) is 65.7 Å². The first-order chi connectivity index (χ1) is 26.3. The number of carbonyl (C=O) groups excluding carboxylic acids is 1. The lowest BCUT2D eigenvalue weighted by atomic mass is 9.86. The van der Waals surface area contributed by atoms with Gasteiger partial charge in [0.2, 0.25) is 5.91 Å². The molecule has 4 aliphatic heterocycles. The van der Waals surface area contributed by atoms with Crippen molar-refractivity contribution >= 4 is 22.5 Å². The predicted molar refractivity (Wildman–Crippen MR) is 210 cm³/mol. The number of aromatic nitrogens is 1. The standard InChI is InChI=1S/C45H50N4O5/c1-29-7-5-10-37-23-36(50)15-12-30-13-16-41(51)42(19-30)54-27-35-21-33(38(31-8-3-2-4-9-31)24-44(52)48-17-6-18-48)20-34-25-49(26-39(34)35)45-40(28-53-37)32(14-11-29)22-43(46)47-45/h2-4,8-9,13,16,19-22,25-26,29,36-38,43,47,50-51H,5-7,10,12,15,17-18,23-24,27-28,46H2,1H3/t29-,36+,37-,38+,43?/m0/s1. The monoisotopic (exact) mass is 726 g/mol.